The maximum Gasteiger partial charge on any atom is 0.328 e. The SMILES string of the molecule is COC(=O)[C@H](C)NC(=O)c1ccc(F)c(F)c1. The first-order valence-corrected chi connectivity index (χ1v) is 4.79. The van der Waals surface area contributed by atoms with Gasteiger partial charge in [0.1, 0.15) is 6.04 Å². The van der Waals surface area contributed by atoms with Crippen molar-refractivity contribution < 1.29 is 23.1 Å². The third-order valence-corrected chi connectivity index (χ3v) is 2.08. The molecule has 0 saturated carbocycles. The van der Waals surface area contributed by atoms with Gasteiger partial charge in [0.05, 0.1) is 7.11 Å². The highest BCUT2D eigenvalue weighted by Gasteiger charge is 2.17. The van der Waals surface area contributed by atoms with Crippen LogP contribution in [0.1, 0.15) is 17.3 Å². The number of carbonyl (C=O) groups is 2. The molecule has 0 heterocycles. The van der Waals surface area contributed by atoms with Crippen molar-refractivity contribution in [2.24, 2.45) is 0 Å². The Labute approximate surface area is 96.6 Å². The molecule has 0 aliphatic rings. The van der Waals surface area contributed by atoms with Gasteiger partial charge in [-0.15, -0.1) is 0 Å². The molecule has 0 aliphatic carbocycles. The quantitative estimate of drug-likeness (QED) is 0.813. The standard InChI is InChI=1S/C11H11F2NO3/c1-6(11(16)17-2)14-10(15)7-3-4-8(12)9(13)5-7/h3-6H,1-2H3,(H,14,15)/t6-/m0/s1. The molecule has 1 N–H and O–H groups in total. The van der Waals surface area contributed by atoms with E-state index in [1.54, 1.807) is 0 Å². The van der Waals surface area contributed by atoms with Gasteiger partial charge in [-0.1, -0.05) is 0 Å². The molecule has 1 aromatic carbocycles. The topological polar surface area (TPSA) is 55.4 Å². The minimum atomic E-state index is -1.12. The third-order valence-electron chi connectivity index (χ3n) is 2.08. The van der Waals surface area contributed by atoms with E-state index in [4.69, 9.17) is 0 Å². The van der Waals surface area contributed by atoms with Crippen LogP contribution in [0.4, 0.5) is 8.78 Å². The highest BCUT2D eigenvalue weighted by atomic mass is 19.2. The molecule has 0 radical (unpaired) electrons. The molecule has 6 heteroatoms. The molecule has 0 saturated heterocycles. The van der Waals surface area contributed by atoms with Gasteiger partial charge in [0.25, 0.3) is 5.91 Å². The van der Waals surface area contributed by atoms with Crippen molar-refractivity contribution >= 4 is 11.9 Å². The second-order valence-electron chi connectivity index (χ2n) is 3.35. The van der Waals surface area contributed by atoms with E-state index < -0.39 is 29.6 Å². The van der Waals surface area contributed by atoms with E-state index in [2.05, 4.69) is 10.1 Å². The monoisotopic (exact) mass is 243 g/mol. The Balaban J connectivity index is 2.76. The summed E-state index contributed by atoms with van der Waals surface area (Å²) in [4.78, 5) is 22.6. The van der Waals surface area contributed by atoms with Crippen LogP contribution in [0.25, 0.3) is 0 Å². The van der Waals surface area contributed by atoms with Crippen molar-refractivity contribution in [2.75, 3.05) is 7.11 Å². The van der Waals surface area contributed by atoms with Crippen molar-refractivity contribution in [3.63, 3.8) is 0 Å². The van der Waals surface area contributed by atoms with Crippen molar-refractivity contribution in [3.05, 3.63) is 35.4 Å². The fourth-order valence-corrected chi connectivity index (χ4v) is 1.15. The summed E-state index contributed by atoms with van der Waals surface area (Å²) in [6.07, 6.45) is 0. The van der Waals surface area contributed by atoms with Gasteiger partial charge in [-0.25, -0.2) is 13.6 Å². The fraction of sp³-hybridized carbons (Fsp3) is 0.273. The van der Waals surface area contributed by atoms with E-state index in [0.29, 0.717) is 0 Å². The van der Waals surface area contributed by atoms with E-state index >= 15 is 0 Å². The Morgan fingerprint density at radius 3 is 2.47 bits per heavy atom. The predicted molar refractivity (Wildman–Crippen MR) is 55.3 cm³/mol. The highest BCUT2D eigenvalue weighted by Crippen LogP contribution is 2.08. The minimum absolute atomic E-state index is 0.0698. The molecule has 1 atom stereocenters. The van der Waals surface area contributed by atoms with Gasteiger partial charge in [-0.2, -0.15) is 0 Å². The molecule has 0 fully saturated rings. The van der Waals surface area contributed by atoms with Crippen LogP contribution in [0.3, 0.4) is 0 Å². The Morgan fingerprint density at radius 2 is 1.94 bits per heavy atom. The van der Waals surface area contributed by atoms with Crippen LogP contribution in [0.2, 0.25) is 0 Å². The number of halogens is 2. The normalized spacial score (nSPS) is 11.8. The number of ether oxygens (including phenoxy) is 1. The van der Waals surface area contributed by atoms with Crippen LogP contribution >= 0.6 is 0 Å². The zero-order chi connectivity index (χ0) is 13.0. The molecule has 1 amide bonds. The van der Waals surface area contributed by atoms with Crippen LogP contribution < -0.4 is 5.32 Å². The fourth-order valence-electron chi connectivity index (χ4n) is 1.15. The second kappa shape index (κ2) is 5.38. The molecule has 1 aromatic rings. The van der Waals surface area contributed by atoms with E-state index in [1.807, 2.05) is 0 Å². The van der Waals surface area contributed by atoms with Gasteiger partial charge in [0.15, 0.2) is 11.6 Å². The van der Waals surface area contributed by atoms with Gasteiger partial charge in [0, 0.05) is 5.56 Å². The van der Waals surface area contributed by atoms with Crippen molar-refractivity contribution in [2.45, 2.75) is 13.0 Å². The first kappa shape index (κ1) is 13.1. The van der Waals surface area contributed by atoms with Crippen LogP contribution in [0, 0.1) is 11.6 Å². The lowest BCUT2D eigenvalue weighted by molar-refractivity contribution is -0.142. The average Bonchev–Trinajstić information content (AvgIpc) is 2.31. The highest BCUT2D eigenvalue weighted by molar-refractivity contribution is 5.96. The minimum Gasteiger partial charge on any atom is -0.467 e. The maximum absolute atomic E-state index is 12.9. The Kier molecular flexibility index (Phi) is 4.14. The van der Waals surface area contributed by atoms with Gasteiger partial charge >= 0.3 is 5.97 Å². The zero-order valence-electron chi connectivity index (χ0n) is 9.29. The Bertz CT molecular complexity index is 448. The molecule has 1 rings (SSSR count). The number of amides is 1. The maximum atomic E-state index is 12.9. The molecule has 0 bridgehead atoms. The summed E-state index contributed by atoms with van der Waals surface area (Å²) >= 11 is 0. The summed E-state index contributed by atoms with van der Waals surface area (Å²) in [5, 5.41) is 2.29. The van der Waals surface area contributed by atoms with Gasteiger partial charge in [-0.3, -0.25) is 4.79 Å². The number of nitrogens with one attached hydrogen (secondary N) is 1. The molecule has 0 aliphatic heterocycles. The van der Waals surface area contributed by atoms with Gasteiger partial charge in [0.2, 0.25) is 0 Å². The molecule has 92 valence electrons. The number of rotatable bonds is 3. The van der Waals surface area contributed by atoms with E-state index in [9.17, 15) is 18.4 Å². The predicted octanol–water partition coefficient (Wildman–Crippen LogP) is 1.26. The van der Waals surface area contributed by atoms with E-state index in [0.717, 1.165) is 18.2 Å². The average molecular weight is 243 g/mol. The van der Waals surface area contributed by atoms with Crippen molar-refractivity contribution in [1.82, 2.24) is 5.32 Å². The summed E-state index contributed by atoms with van der Waals surface area (Å²) in [5.74, 6) is -3.46. The van der Waals surface area contributed by atoms with Crippen LogP contribution in [-0.4, -0.2) is 25.0 Å². The summed E-state index contributed by atoms with van der Waals surface area (Å²) in [7, 11) is 1.18. The lowest BCUT2D eigenvalue weighted by Gasteiger charge is -2.11. The summed E-state index contributed by atoms with van der Waals surface area (Å²) < 4.78 is 29.9. The van der Waals surface area contributed by atoms with Gasteiger partial charge in [-0.05, 0) is 25.1 Å². The number of hydrogen-bond donors (Lipinski definition) is 1. The molecule has 0 spiro atoms. The summed E-state index contributed by atoms with van der Waals surface area (Å²) in [6, 6.07) is 1.86. The van der Waals surface area contributed by atoms with E-state index in [-0.39, 0.29) is 5.56 Å². The number of hydrogen-bond acceptors (Lipinski definition) is 3. The number of esters is 1. The smallest absolute Gasteiger partial charge is 0.328 e. The lowest BCUT2D eigenvalue weighted by atomic mass is 10.2. The molecule has 17 heavy (non-hydrogen) atoms. The molecule has 4 nitrogen and oxygen atoms in total. The lowest BCUT2D eigenvalue weighted by Crippen LogP contribution is -2.39. The largest absolute Gasteiger partial charge is 0.467 e. The Hall–Kier alpha value is -1.98. The second-order valence-corrected chi connectivity index (χ2v) is 3.35. The summed E-state index contributed by atoms with van der Waals surface area (Å²) in [6.45, 7) is 1.42. The molecule has 0 unspecified atom stereocenters. The van der Waals surface area contributed by atoms with Crippen molar-refractivity contribution in [3.8, 4) is 0 Å². The first-order chi connectivity index (χ1) is 7.95. The zero-order valence-corrected chi connectivity index (χ0v) is 9.29. The molecular weight excluding hydrogens is 232 g/mol. The van der Waals surface area contributed by atoms with Crippen molar-refractivity contribution in [1.29, 1.82) is 0 Å². The summed E-state index contributed by atoms with van der Waals surface area (Å²) in [5.41, 5.74) is -0.0698. The Morgan fingerprint density at radius 1 is 1.29 bits per heavy atom. The first-order valence-electron chi connectivity index (χ1n) is 4.79. The molecule has 0 aromatic heterocycles. The van der Waals surface area contributed by atoms with Crippen LogP contribution in [0.15, 0.2) is 18.2 Å². The number of benzene rings is 1. The van der Waals surface area contributed by atoms with Crippen LogP contribution in [0.5, 0.6) is 0 Å². The number of carbonyl (C=O) groups excluding carboxylic acids is 2. The van der Waals surface area contributed by atoms with Crippen LogP contribution in [-0.2, 0) is 9.53 Å². The third kappa shape index (κ3) is 3.24. The molecular formula is C11H11F2NO3. The number of methoxy groups -OCH3 is 1. The van der Waals surface area contributed by atoms with E-state index in [1.165, 1.54) is 14.0 Å². The van der Waals surface area contributed by atoms with Gasteiger partial charge < -0.3 is 10.1 Å².